The number of amides is 1. The summed E-state index contributed by atoms with van der Waals surface area (Å²) < 4.78 is 22.4. The minimum Gasteiger partial charge on any atom is -0.488 e. The molecule has 4 heterocycles. The molecule has 4 rings (SSSR count). The smallest absolute Gasteiger partial charge is 0.381 e. The van der Waals surface area contributed by atoms with Crippen molar-refractivity contribution in [2.75, 3.05) is 44.7 Å². The van der Waals surface area contributed by atoms with Crippen molar-refractivity contribution in [1.82, 2.24) is 20.0 Å². The number of ether oxygens (including phenoxy) is 3. The lowest BCUT2D eigenvalue weighted by Gasteiger charge is -2.42. The molecule has 31 heavy (non-hydrogen) atoms. The molecule has 1 fully saturated rings. The molecule has 0 aliphatic carbocycles. The zero-order chi connectivity index (χ0) is 22.0. The molecule has 1 saturated heterocycles. The average molecular weight is 448 g/mol. The van der Waals surface area contributed by atoms with Crippen molar-refractivity contribution in [1.29, 1.82) is 0 Å². The molecule has 1 aliphatic heterocycles. The Morgan fingerprint density at radius 2 is 2.16 bits per heavy atom. The standard InChI is InChI=1S/C18H20N6O6S/c1-10-4-5-19-24(10)17-23-22-16(31-17)20-14(25)12-6-11(13(28-3)15(26)30-12)21-18(7-27-2)8-29-9-18/h4-6,21H,7-9H2,1-3H3,(H,20,22,25). The largest absolute Gasteiger partial charge is 0.488 e. The van der Waals surface area contributed by atoms with Crippen LogP contribution in [0.15, 0.2) is 27.5 Å². The van der Waals surface area contributed by atoms with E-state index in [2.05, 4.69) is 25.9 Å². The fourth-order valence-electron chi connectivity index (χ4n) is 3.06. The van der Waals surface area contributed by atoms with Crippen LogP contribution >= 0.6 is 11.3 Å². The van der Waals surface area contributed by atoms with Gasteiger partial charge in [0.05, 0.1) is 32.6 Å². The molecule has 0 saturated carbocycles. The first-order valence-corrected chi connectivity index (χ1v) is 9.99. The summed E-state index contributed by atoms with van der Waals surface area (Å²) in [6, 6.07) is 3.22. The Kier molecular flexibility index (Phi) is 5.71. The minimum atomic E-state index is -0.796. The van der Waals surface area contributed by atoms with Crippen LogP contribution in [0.3, 0.4) is 0 Å². The lowest BCUT2D eigenvalue weighted by molar-refractivity contribution is -0.0728. The molecule has 0 atom stereocenters. The van der Waals surface area contributed by atoms with Crippen LogP contribution in [-0.2, 0) is 9.47 Å². The third kappa shape index (κ3) is 4.15. The Morgan fingerprint density at radius 1 is 1.35 bits per heavy atom. The van der Waals surface area contributed by atoms with Gasteiger partial charge in [-0.1, -0.05) is 11.3 Å². The van der Waals surface area contributed by atoms with Gasteiger partial charge in [-0.3, -0.25) is 10.1 Å². The normalized spacial score (nSPS) is 14.7. The summed E-state index contributed by atoms with van der Waals surface area (Å²) in [5, 5.41) is 18.6. The molecular weight excluding hydrogens is 428 g/mol. The zero-order valence-corrected chi connectivity index (χ0v) is 17.8. The molecule has 12 nitrogen and oxygen atoms in total. The first-order chi connectivity index (χ1) is 14.9. The molecule has 0 unspecified atom stereocenters. The van der Waals surface area contributed by atoms with Gasteiger partial charge >= 0.3 is 5.63 Å². The number of aromatic nitrogens is 4. The van der Waals surface area contributed by atoms with Gasteiger partial charge in [0.15, 0.2) is 5.76 Å². The van der Waals surface area contributed by atoms with Gasteiger partial charge in [0, 0.05) is 25.1 Å². The fourth-order valence-corrected chi connectivity index (χ4v) is 3.82. The molecule has 2 N–H and O–H groups in total. The molecule has 1 amide bonds. The van der Waals surface area contributed by atoms with E-state index in [4.69, 9.17) is 18.6 Å². The second-order valence-electron chi connectivity index (χ2n) is 6.90. The third-order valence-electron chi connectivity index (χ3n) is 4.56. The van der Waals surface area contributed by atoms with Crippen LogP contribution in [0.5, 0.6) is 5.75 Å². The van der Waals surface area contributed by atoms with Crippen molar-refractivity contribution < 1.29 is 23.4 Å². The molecule has 0 bridgehead atoms. The molecule has 0 aromatic carbocycles. The van der Waals surface area contributed by atoms with Gasteiger partial charge in [0.2, 0.25) is 16.0 Å². The molecule has 164 valence electrons. The summed E-state index contributed by atoms with van der Waals surface area (Å²) in [7, 11) is 2.91. The lowest BCUT2D eigenvalue weighted by atomic mass is 9.98. The molecule has 0 radical (unpaired) electrons. The first-order valence-electron chi connectivity index (χ1n) is 9.17. The van der Waals surface area contributed by atoms with Crippen molar-refractivity contribution in [3.8, 4) is 10.9 Å². The summed E-state index contributed by atoms with van der Waals surface area (Å²) in [6.45, 7) is 2.98. The number of aryl methyl sites for hydroxylation is 1. The number of anilines is 2. The second kappa shape index (κ2) is 8.45. The van der Waals surface area contributed by atoms with Crippen LogP contribution in [0.2, 0.25) is 0 Å². The van der Waals surface area contributed by atoms with Gasteiger partial charge in [-0.25, -0.2) is 9.48 Å². The Hall–Kier alpha value is -3.29. The maximum Gasteiger partial charge on any atom is 0.381 e. The van der Waals surface area contributed by atoms with E-state index in [1.165, 1.54) is 13.2 Å². The lowest BCUT2D eigenvalue weighted by Crippen LogP contribution is -2.59. The quantitative estimate of drug-likeness (QED) is 0.514. The number of carbonyl (C=O) groups excluding carboxylic acids is 1. The fraction of sp³-hybridized carbons (Fsp3) is 0.389. The van der Waals surface area contributed by atoms with Crippen molar-refractivity contribution in [2.45, 2.75) is 12.5 Å². The van der Waals surface area contributed by atoms with Gasteiger partial charge in [0.1, 0.15) is 5.54 Å². The second-order valence-corrected chi connectivity index (χ2v) is 7.86. The summed E-state index contributed by atoms with van der Waals surface area (Å²) >= 11 is 1.13. The van der Waals surface area contributed by atoms with E-state index in [-0.39, 0.29) is 16.6 Å². The first kappa shape index (κ1) is 21.0. The number of hydrogen-bond donors (Lipinski definition) is 2. The molecule has 0 spiro atoms. The molecular formula is C18H20N6O6S. The highest BCUT2D eigenvalue weighted by Crippen LogP contribution is 2.29. The maximum atomic E-state index is 12.7. The minimum absolute atomic E-state index is 0.0497. The van der Waals surface area contributed by atoms with Crippen molar-refractivity contribution >= 4 is 28.1 Å². The Bertz CT molecular complexity index is 1150. The van der Waals surface area contributed by atoms with Crippen LogP contribution in [-0.4, -0.2) is 65.5 Å². The van der Waals surface area contributed by atoms with Crippen molar-refractivity contribution in [3.63, 3.8) is 0 Å². The SMILES string of the molecule is COCC1(Nc2cc(C(=O)Nc3nnc(-n4nccc4C)s3)oc(=O)c2OC)COC1. The van der Waals surface area contributed by atoms with E-state index in [1.54, 1.807) is 18.0 Å². The van der Waals surface area contributed by atoms with E-state index >= 15 is 0 Å². The van der Waals surface area contributed by atoms with Crippen LogP contribution in [0.4, 0.5) is 10.8 Å². The van der Waals surface area contributed by atoms with Gasteiger partial charge in [-0.2, -0.15) is 5.10 Å². The van der Waals surface area contributed by atoms with Gasteiger partial charge in [0.25, 0.3) is 5.91 Å². The Morgan fingerprint density at radius 3 is 2.77 bits per heavy atom. The summed E-state index contributed by atoms with van der Waals surface area (Å²) in [5.74, 6) is -0.923. The highest BCUT2D eigenvalue weighted by molar-refractivity contribution is 7.17. The number of methoxy groups -OCH3 is 2. The number of nitrogens with zero attached hydrogens (tertiary/aromatic N) is 4. The monoisotopic (exact) mass is 448 g/mol. The number of rotatable bonds is 8. The average Bonchev–Trinajstić information content (AvgIpc) is 3.34. The Labute approximate surface area is 180 Å². The van der Waals surface area contributed by atoms with Crippen LogP contribution in [0.25, 0.3) is 5.13 Å². The molecule has 3 aromatic heterocycles. The van der Waals surface area contributed by atoms with E-state index in [0.717, 1.165) is 17.0 Å². The van der Waals surface area contributed by atoms with E-state index in [9.17, 15) is 9.59 Å². The number of hydrogen-bond acceptors (Lipinski definition) is 11. The van der Waals surface area contributed by atoms with E-state index in [1.807, 2.05) is 13.0 Å². The van der Waals surface area contributed by atoms with Gasteiger partial charge < -0.3 is 23.9 Å². The molecule has 3 aromatic rings. The number of carbonyl (C=O) groups is 1. The van der Waals surface area contributed by atoms with Crippen LogP contribution < -0.4 is 21.0 Å². The Balaban J connectivity index is 1.57. The summed E-state index contributed by atoms with van der Waals surface area (Å²) in [5.41, 5.74) is -0.153. The maximum absolute atomic E-state index is 12.7. The number of nitrogens with one attached hydrogen (secondary N) is 2. The third-order valence-corrected chi connectivity index (χ3v) is 5.38. The summed E-state index contributed by atoms with van der Waals surface area (Å²) in [4.78, 5) is 25.1. The predicted octanol–water partition coefficient (Wildman–Crippen LogP) is 1.07. The van der Waals surface area contributed by atoms with Crippen LogP contribution in [0, 0.1) is 6.92 Å². The molecule has 13 heteroatoms. The summed E-state index contributed by atoms with van der Waals surface area (Å²) in [6.07, 6.45) is 1.64. The zero-order valence-electron chi connectivity index (χ0n) is 17.0. The van der Waals surface area contributed by atoms with Crippen molar-refractivity contribution in [3.05, 3.63) is 40.2 Å². The van der Waals surface area contributed by atoms with Crippen LogP contribution in [0.1, 0.15) is 16.2 Å². The van der Waals surface area contributed by atoms with Gasteiger partial charge in [-0.15, -0.1) is 10.2 Å². The highest BCUT2D eigenvalue weighted by Gasteiger charge is 2.40. The van der Waals surface area contributed by atoms with Gasteiger partial charge in [-0.05, 0) is 13.0 Å². The molecule has 1 aliphatic rings. The van der Waals surface area contributed by atoms with Crippen molar-refractivity contribution in [2.24, 2.45) is 0 Å². The topological polar surface area (TPSA) is 143 Å². The predicted molar refractivity (Wildman–Crippen MR) is 110 cm³/mol. The highest BCUT2D eigenvalue weighted by atomic mass is 32.1. The van der Waals surface area contributed by atoms with E-state index < -0.39 is 17.1 Å². The van der Waals surface area contributed by atoms with E-state index in [0.29, 0.717) is 30.6 Å².